The van der Waals surface area contributed by atoms with Gasteiger partial charge in [-0.15, -0.1) is 0 Å². The van der Waals surface area contributed by atoms with E-state index in [1.165, 1.54) is 5.69 Å². The van der Waals surface area contributed by atoms with Crippen molar-refractivity contribution in [2.75, 3.05) is 18.0 Å². The number of fused-ring (bicyclic) bond motifs is 4. The van der Waals surface area contributed by atoms with Gasteiger partial charge in [-0.25, -0.2) is 4.39 Å². The molecule has 0 saturated carbocycles. The smallest absolute Gasteiger partial charge is 0.322 e. The maximum atomic E-state index is 13.7. The molecular weight excluding hydrogens is 419 g/mol. The highest BCUT2D eigenvalue weighted by atomic mass is 19.1. The molecule has 0 fully saturated rings. The van der Waals surface area contributed by atoms with Crippen molar-refractivity contribution in [1.82, 2.24) is 5.32 Å². The number of hydrogen-bond acceptors (Lipinski definition) is 3. The molecule has 2 aliphatic carbocycles. The summed E-state index contributed by atoms with van der Waals surface area (Å²) >= 11 is 0. The van der Waals surface area contributed by atoms with Crippen molar-refractivity contribution >= 4 is 17.6 Å². The molecule has 0 bridgehead atoms. The molecule has 168 valence electrons. The first-order valence-electron chi connectivity index (χ1n) is 11.5. The summed E-state index contributed by atoms with van der Waals surface area (Å²) in [4.78, 5) is 26.3. The zero-order valence-corrected chi connectivity index (χ0v) is 18.1. The van der Waals surface area contributed by atoms with Crippen LogP contribution in [0, 0.1) is 17.7 Å². The van der Waals surface area contributed by atoms with Gasteiger partial charge >= 0.3 is 5.97 Å². The average molecular weight is 445 g/mol. The Bertz CT molecular complexity index is 1190. The minimum Gasteiger partial charge on any atom is -0.480 e. The van der Waals surface area contributed by atoms with Gasteiger partial charge in [0, 0.05) is 29.6 Å². The summed E-state index contributed by atoms with van der Waals surface area (Å²) in [6, 6.07) is 11.0. The molecule has 0 spiro atoms. The van der Waals surface area contributed by atoms with Crippen molar-refractivity contribution in [2.45, 2.75) is 30.7 Å². The number of carboxylic acid groups (broad SMARTS) is 1. The first-order valence-corrected chi connectivity index (χ1v) is 11.5. The largest absolute Gasteiger partial charge is 0.480 e. The third-order valence-corrected chi connectivity index (χ3v) is 7.72. The lowest BCUT2D eigenvalue weighted by molar-refractivity contribution is -0.135. The quantitative estimate of drug-likeness (QED) is 0.680. The van der Waals surface area contributed by atoms with Gasteiger partial charge in [-0.05, 0) is 65.6 Å². The number of aliphatic carboxylic acids is 1. The molecule has 5 nitrogen and oxygen atoms in total. The normalized spacial score (nSPS) is 28.3. The van der Waals surface area contributed by atoms with Crippen molar-refractivity contribution in [2.24, 2.45) is 11.8 Å². The van der Waals surface area contributed by atoms with Gasteiger partial charge in [-0.1, -0.05) is 36.4 Å². The molecule has 0 radical (unpaired) electrons. The number of halogens is 1. The summed E-state index contributed by atoms with van der Waals surface area (Å²) in [5.41, 5.74) is 5.12. The van der Waals surface area contributed by atoms with Crippen LogP contribution in [-0.2, 0) is 4.79 Å². The third kappa shape index (κ3) is 3.19. The van der Waals surface area contributed by atoms with E-state index in [2.05, 4.69) is 34.5 Å². The highest BCUT2D eigenvalue weighted by Crippen LogP contribution is 2.58. The van der Waals surface area contributed by atoms with Crippen LogP contribution in [0.25, 0.3) is 0 Å². The van der Waals surface area contributed by atoms with E-state index in [9.17, 15) is 14.0 Å². The Morgan fingerprint density at radius 1 is 1.03 bits per heavy atom. The molecule has 2 aromatic rings. The van der Waals surface area contributed by atoms with Gasteiger partial charge in [0.2, 0.25) is 0 Å². The van der Waals surface area contributed by atoms with Crippen LogP contribution in [0.3, 0.4) is 0 Å². The number of rotatable bonds is 4. The number of allylic oxidation sites excluding steroid dienone is 4. The van der Waals surface area contributed by atoms with Crippen molar-refractivity contribution in [3.63, 3.8) is 0 Å². The Morgan fingerprint density at radius 2 is 1.73 bits per heavy atom. The van der Waals surface area contributed by atoms with E-state index in [0.717, 1.165) is 36.1 Å². The number of carbonyl (C=O) groups excluding carboxylic acids is 1. The Kier molecular flexibility index (Phi) is 4.64. The lowest BCUT2D eigenvalue weighted by atomic mass is 9.70. The van der Waals surface area contributed by atoms with Crippen LogP contribution in [0.1, 0.15) is 57.8 Å². The lowest BCUT2D eigenvalue weighted by Gasteiger charge is -2.51. The number of nitrogens with zero attached hydrogens (tertiary/aromatic N) is 1. The van der Waals surface area contributed by atoms with E-state index in [-0.39, 0.29) is 29.6 Å². The molecule has 0 aromatic heterocycles. The van der Waals surface area contributed by atoms with Crippen LogP contribution < -0.4 is 10.2 Å². The van der Waals surface area contributed by atoms with Crippen molar-refractivity contribution in [3.05, 3.63) is 88.8 Å². The van der Waals surface area contributed by atoms with Crippen LogP contribution in [0.4, 0.5) is 10.1 Å². The molecule has 2 aromatic carbocycles. The van der Waals surface area contributed by atoms with Crippen LogP contribution in [0.5, 0.6) is 0 Å². The summed E-state index contributed by atoms with van der Waals surface area (Å²) in [6.45, 7) is 0.523. The Balaban J connectivity index is 1.51. The van der Waals surface area contributed by atoms with Gasteiger partial charge in [-0.2, -0.15) is 0 Å². The maximum Gasteiger partial charge on any atom is 0.322 e. The van der Waals surface area contributed by atoms with E-state index in [0.29, 0.717) is 17.4 Å². The monoisotopic (exact) mass is 444 g/mol. The van der Waals surface area contributed by atoms with Gasteiger partial charge in [0.1, 0.15) is 12.4 Å². The molecule has 33 heavy (non-hydrogen) atoms. The summed E-state index contributed by atoms with van der Waals surface area (Å²) in [6.07, 6.45) is 10.9. The van der Waals surface area contributed by atoms with Gasteiger partial charge in [-0.3, -0.25) is 9.59 Å². The molecule has 1 amide bonds. The second kappa shape index (κ2) is 7.58. The topological polar surface area (TPSA) is 69.6 Å². The predicted octanol–water partition coefficient (Wildman–Crippen LogP) is 4.53. The molecule has 6 rings (SSSR count). The van der Waals surface area contributed by atoms with Crippen molar-refractivity contribution in [3.8, 4) is 0 Å². The fourth-order valence-corrected chi connectivity index (χ4v) is 6.40. The van der Waals surface area contributed by atoms with Crippen LogP contribution in [0.2, 0.25) is 0 Å². The molecule has 2 N–H and O–H groups in total. The maximum absolute atomic E-state index is 13.7. The molecule has 6 heteroatoms. The summed E-state index contributed by atoms with van der Waals surface area (Å²) in [5, 5.41) is 11.5. The van der Waals surface area contributed by atoms with Crippen LogP contribution in [0.15, 0.2) is 60.7 Å². The van der Waals surface area contributed by atoms with E-state index in [1.807, 2.05) is 24.3 Å². The Hall–Kier alpha value is -3.41. The van der Waals surface area contributed by atoms with E-state index in [4.69, 9.17) is 5.11 Å². The molecule has 2 aliphatic heterocycles. The van der Waals surface area contributed by atoms with Gasteiger partial charge in [0.05, 0.1) is 6.04 Å². The summed E-state index contributed by atoms with van der Waals surface area (Å²) < 4.78 is 13.7. The van der Waals surface area contributed by atoms with Crippen molar-refractivity contribution in [1.29, 1.82) is 0 Å². The van der Waals surface area contributed by atoms with Gasteiger partial charge in [0.25, 0.3) is 5.91 Å². The molecular formula is C27H25FN2O3. The van der Waals surface area contributed by atoms with E-state index in [1.54, 1.807) is 12.1 Å². The second-order valence-corrected chi connectivity index (χ2v) is 9.53. The zero-order chi connectivity index (χ0) is 22.7. The van der Waals surface area contributed by atoms with Crippen LogP contribution in [-0.4, -0.2) is 30.1 Å². The zero-order valence-electron chi connectivity index (χ0n) is 18.1. The van der Waals surface area contributed by atoms with Crippen LogP contribution >= 0.6 is 0 Å². The van der Waals surface area contributed by atoms with Gasteiger partial charge in [0.15, 0.2) is 0 Å². The van der Waals surface area contributed by atoms with Gasteiger partial charge < -0.3 is 15.3 Å². The number of carboxylic acids is 1. The lowest BCUT2D eigenvalue weighted by Crippen LogP contribution is -2.46. The highest BCUT2D eigenvalue weighted by molar-refractivity contribution is 5.97. The average Bonchev–Trinajstić information content (AvgIpc) is 3.48. The summed E-state index contributed by atoms with van der Waals surface area (Å²) in [5.74, 6) is -0.500. The molecule has 2 heterocycles. The fourth-order valence-electron chi connectivity index (χ4n) is 6.40. The number of amides is 1. The molecule has 5 atom stereocenters. The number of benzene rings is 2. The number of anilines is 1. The third-order valence-electron chi connectivity index (χ3n) is 7.72. The fraction of sp³-hybridized carbons (Fsp3) is 0.333. The first-order chi connectivity index (χ1) is 16.0. The highest BCUT2D eigenvalue weighted by Gasteiger charge is 2.48. The second-order valence-electron chi connectivity index (χ2n) is 9.53. The Labute approximate surface area is 191 Å². The predicted molar refractivity (Wildman–Crippen MR) is 123 cm³/mol. The summed E-state index contributed by atoms with van der Waals surface area (Å²) in [7, 11) is 0. The minimum absolute atomic E-state index is 0.144. The number of carbonyl (C=O) groups is 2. The first kappa shape index (κ1) is 20.2. The number of nitrogens with one attached hydrogen (secondary N) is 1. The van der Waals surface area contributed by atoms with Crippen molar-refractivity contribution < 1.29 is 19.1 Å². The minimum atomic E-state index is -1.06. The molecule has 4 aliphatic rings. The SMILES string of the molecule is O=C(O)CNC(=O)c1cc2c3c(c1)[C@@H]1C=CC[C@@H]1[C@H](c1ccc(F)cc1)N3C[C@H]1CC=C[C@H]21. The Morgan fingerprint density at radius 3 is 2.48 bits per heavy atom. The van der Waals surface area contributed by atoms with E-state index < -0.39 is 12.5 Å². The molecule has 0 saturated heterocycles. The number of hydrogen-bond donors (Lipinski definition) is 2. The van der Waals surface area contributed by atoms with E-state index >= 15 is 0 Å². The molecule has 0 unspecified atom stereocenters. The standard InChI is InChI=1S/C27H25FN2O3/c28-18-9-7-15(8-10-18)25-21-6-2-5-20(21)23-12-17(27(33)29-13-24(31)32)11-22-19-4-1-3-16(19)14-30(25)26(22)23/h1-2,4-5,7-12,16,19-21,25H,3,6,13-14H2,(H,29,33)(H,31,32)/t16-,19+,20-,21+,25+/m1/s1.